The van der Waals surface area contributed by atoms with E-state index in [9.17, 15) is 49.8 Å². The molecule has 18 heteroatoms. The van der Waals surface area contributed by atoms with Crippen molar-refractivity contribution in [2.24, 2.45) is 0 Å². The van der Waals surface area contributed by atoms with Gasteiger partial charge in [0.15, 0.2) is 12.6 Å². The molecule has 0 saturated carbocycles. The molecule has 0 aromatic rings. The van der Waals surface area contributed by atoms with Gasteiger partial charge < -0.3 is 70.9 Å². The van der Waals surface area contributed by atoms with Crippen LogP contribution in [0.2, 0.25) is 0 Å². The lowest BCUT2D eigenvalue weighted by molar-refractivity contribution is -0.295. The average molecular weight is 681 g/mol. The van der Waals surface area contributed by atoms with E-state index in [1.54, 1.807) is 0 Å². The van der Waals surface area contributed by atoms with E-state index >= 15 is 0 Å². The Balaban J connectivity index is 1.58. The first-order valence-electron chi connectivity index (χ1n) is 15.8. The van der Waals surface area contributed by atoms with E-state index in [0.29, 0.717) is 25.7 Å². The van der Waals surface area contributed by atoms with Gasteiger partial charge in [-0.1, -0.05) is 0 Å². The number of nitrogens with one attached hydrogen (secondary N) is 4. The summed E-state index contributed by atoms with van der Waals surface area (Å²) in [6.07, 6.45) is -7.93. The van der Waals surface area contributed by atoms with Gasteiger partial charge in [-0.15, -0.1) is 0 Å². The highest BCUT2D eigenvalue weighted by Crippen LogP contribution is 2.31. The highest BCUT2D eigenvalue weighted by Gasteiger charge is 2.54. The minimum Gasteiger partial charge on any atom is -0.394 e. The fraction of sp³-hybridized carbons (Fsp3) is 0.862. The van der Waals surface area contributed by atoms with Crippen molar-refractivity contribution in [2.45, 2.75) is 120 Å². The zero-order valence-electron chi connectivity index (χ0n) is 27.1. The lowest BCUT2D eigenvalue weighted by Gasteiger charge is -2.49. The minimum atomic E-state index is -1.46. The molecule has 0 aromatic heterocycles. The average Bonchev–Trinajstić information content (AvgIpc) is 3.01. The summed E-state index contributed by atoms with van der Waals surface area (Å²) in [5, 5.41) is 70.3. The monoisotopic (exact) mass is 680 g/mol. The molecule has 2 heterocycles. The summed E-state index contributed by atoms with van der Waals surface area (Å²) >= 11 is 0. The summed E-state index contributed by atoms with van der Waals surface area (Å²) in [6.45, 7) is 3.55. The topological polar surface area (TPSA) is 275 Å². The molecule has 4 amide bonds. The molecule has 272 valence electrons. The van der Waals surface area contributed by atoms with Crippen LogP contribution in [0.25, 0.3) is 0 Å². The van der Waals surface area contributed by atoms with Crippen LogP contribution >= 0.6 is 0 Å². The molecule has 0 aromatic carbocycles. The standard InChI is InChI=1S/C29H52N4O14/c1-16(36)32-22-25(42)23(40)18(14-34)46-27(22)44-12-6-4-8-20(38)30-10-11-31-21(39)9-5-7-13-45-28-29(3,33-17(2)37)26(43)24(41)19(15-35)47-28/h18-19,22-28,34-35,40-43H,4-15H2,1-3H3,(H,30,38)(H,31,39)(H,32,36)(H,33,37)/t18?,19-,22?,23+,24+,25?,26?,27-,28-,29?/m1/s1. The van der Waals surface area contributed by atoms with Gasteiger partial charge in [-0.3, -0.25) is 19.2 Å². The number of carbonyl (C=O) groups is 4. The molecule has 0 radical (unpaired) electrons. The zero-order valence-corrected chi connectivity index (χ0v) is 27.1. The molecule has 2 aliphatic heterocycles. The van der Waals surface area contributed by atoms with Crippen LogP contribution in [-0.2, 0) is 38.1 Å². The van der Waals surface area contributed by atoms with Crippen molar-refractivity contribution in [3.05, 3.63) is 0 Å². The van der Waals surface area contributed by atoms with Gasteiger partial charge in [0.25, 0.3) is 0 Å². The summed E-state index contributed by atoms with van der Waals surface area (Å²) in [7, 11) is 0. The first-order chi connectivity index (χ1) is 22.2. The van der Waals surface area contributed by atoms with Gasteiger partial charge in [-0.2, -0.15) is 0 Å². The van der Waals surface area contributed by atoms with Gasteiger partial charge in [0.2, 0.25) is 23.6 Å². The van der Waals surface area contributed by atoms with Crippen LogP contribution in [0.15, 0.2) is 0 Å². The van der Waals surface area contributed by atoms with Crippen molar-refractivity contribution in [3.63, 3.8) is 0 Å². The molecular weight excluding hydrogens is 628 g/mol. The van der Waals surface area contributed by atoms with Crippen LogP contribution in [0.4, 0.5) is 0 Å². The van der Waals surface area contributed by atoms with Crippen molar-refractivity contribution in [1.82, 2.24) is 21.3 Å². The maximum atomic E-state index is 12.2. The predicted molar refractivity (Wildman–Crippen MR) is 161 cm³/mol. The molecule has 0 aliphatic carbocycles. The second-order valence-electron chi connectivity index (χ2n) is 11.9. The van der Waals surface area contributed by atoms with Crippen LogP contribution < -0.4 is 21.3 Å². The van der Waals surface area contributed by atoms with Crippen LogP contribution in [-0.4, -0.2) is 155 Å². The molecule has 2 fully saturated rings. The number of hydrogen-bond donors (Lipinski definition) is 10. The van der Waals surface area contributed by atoms with Crippen molar-refractivity contribution in [3.8, 4) is 0 Å². The molecule has 0 spiro atoms. The number of rotatable bonds is 19. The van der Waals surface area contributed by atoms with Crippen molar-refractivity contribution in [2.75, 3.05) is 39.5 Å². The Kier molecular flexibility index (Phi) is 17.4. The van der Waals surface area contributed by atoms with E-state index in [4.69, 9.17) is 18.9 Å². The van der Waals surface area contributed by atoms with E-state index in [-0.39, 0.29) is 51.0 Å². The third-order valence-corrected chi connectivity index (χ3v) is 7.90. The third-order valence-electron chi connectivity index (χ3n) is 7.90. The number of amides is 4. The zero-order chi connectivity index (χ0) is 35.1. The molecule has 2 aliphatic rings. The van der Waals surface area contributed by atoms with Crippen molar-refractivity contribution in [1.29, 1.82) is 0 Å². The smallest absolute Gasteiger partial charge is 0.220 e. The van der Waals surface area contributed by atoms with E-state index in [2.05, 4.69) is 21.3 Å². The molecule has 2 saturated heterocycles. The van der Waals surface area contributed by atoms with Crippen molar-refractivity contribution < 1.29 is 68.8 Å². The SMILES string of the molecule is CC(=O)NC1C(O)[C@@H](O)C(CO)O[C@H]1OCCCCC(=O)NCCNC(=O)CCCCO[C@@H]1O[C@H](CO)[C@H](O)C(O)C1(C)NC(C)=O. The van der Waals surface area contributed by atoms with Crippen LogP contribution in [0, 0.1) is 0 Å². The Morgan fingerprint density at radius 2 is 1.26 bits per heavy atom. The Labute approximate surface area is 273 Å². The summed E-state index contributed by atoms with van der Waals surface area (Å²) in [5.74, 6) is -1.38. The van der Waals surface area contributed by atoms with Crippen LogP contribution in [0.5, 0.6) is 0 Å². The van der Waals surface area contributed by atoms with Gasteiger partial charge in [0.05, 0.1) is 13.2 Å². The van der Waals surface area contributed by atoms with Gasteiger partial charge >= 0.3 is 0 Å². The Hall–Kier alpha value is -2.52. The fourth-order valence-electron chi connectivity index (χ4n) is 5.31. The quantitative estimate of drug-likeness (QED) is 0.0581. The van der Waals surface area contributed by atoms with Crippen molar-refractivity contribution >= 4 is 23.6 Å². The molecule has 47 heavy (non-hydrogen) atoms. The minimum absolute atomic E-state index is 0.118. The molecule has 10 N–H and O–H groups in total. The molecular formula is C29H52N4O14. The summed E-state index contributed by atoms with van der Waals surface area (Å²) < 4.78 is 22.4. The molecule has 18 nitrogen and oxygen atoms in total. The first-order valence-corrected chi connectivity index (χ1v) is 15.8. The summed E-state index contributed by atoms with van der Waals surface area (Å²) in [4.78, 5) is 47.5. The lowest BCUT2D eigenvalue weighted by atomic mass is 9.84. The maximum absolute atomic E-state index is 12.2. The van der Waals surface area contributed by atoms with Gasteiger partial charge in [0, 0.05) is 53.0 Å². The number of hydrogen-bond acceptors (Lipinski definition) is 14. The molecule has 2 rings (SSSR count). The van der Waals surface area contributed by atoms with E-state index < -0.39 is 85.8 Å². The van der Waals surface area contributed by atoms with Crippen LogP contribution in [0.3, 0.4) is 0 Å². The number of aliphatic hydroxyl groups excluding tert-OH is 6. The summed E-state index contributed by atoms with van der Waals surface area (Å²) in [6, 6.07) is -1.04. The normalized spacial score (nSPS) is 32.3. The van der Waals surface area contributed by atoms with E-state index in [0.717, 1.165) is 0 Å². The van der Waals surface area contributed by atoms with Gasteiger partial charge in [-0.05, 0) is 32.6 Å². The molecule has 10 atom stereocenters. The highest BCUT2D eigenvalue weighted by molar-refractivity contribution is 5.77. The second-order valence-corrected chi connectivity index (χ2v) is 11.9. The number of carbonyl (C=O) groups excluding carboxylic acids is 4. The lowest BCUT2D eigenvalue weighted by Crippen LogP contribution is -2.72. The third kappa shape index (κ3) is 12.5. The second kappa shape index (κ2) is 20.1. The highest BCUT2D eigenvalue weighted by atomic mass is 16.7. The molecule has 5 unspecified atom stereocenters. The number of ether oxygens (including phenoxy) is 4. The first kappa shape index (κ1) is 40.7. The predicted octanol–water partition coefficient (Wildman–Crippen LogP) is -4.13. The Morgan fingerprint density at radius 3 is 1.77 bits per heavy atom. The number of unbranched alkanes of at least 4 members (excludes halogenated alkanes) is 2. The Bertz CT molecular complexity index is 1010. The maximum Gasteiger partial charge on any atom is 0.220 e. The van der Waals surface area contributed by atoms with Crippen LogP contribution in [0.1, 0.15) is 59.3 Å². The van der Waals surface area contributed by atoms with Gasteiger partial charge in [-0.25, -0.2) is 0 Å². The largest absolute Gasteiger partial charge is 0.394 e. The molecule has 0 bridgehead atoms. The van der Waals surface area contributed by atoms with E-state index in [1.807, 2.05) is 0 Å². The summed E-state index contributed by atoms with van der Waals surface area (Å²) in [5.41, 5.74) is -1.46. The number of aliphatic hydroxyl groups is 6. The Morgan fingerprint density at radius 1 is 0.723 bits per heavy atom. The fourth-order valence-corrected chi connectivity index (χ4v) is 5.31. The van der Waals surface area contributed by atoms with E-state index in [1.165, 1.54) is 20.8 Å². The van der Waals surface area contributed by atoms with Gasteiger partial charge in [0.1, 0.15) is 48.2 Å².